The van der Waals surface area contributed by atoms with Gasteiger partial charge < -0.3 is 68.1 Å². The van der Waals surface area contributed by atoms with Gasteiger partial charge in [0.15, 0.2) is 28.8 Å². The van der Waals surface area contributed by atoms with Crippen LogP contribution in [0.2, 0.25) is 0 Å². The Labute approximate surface area is 739 Å². The van der Waals surface area contributed by atoms with Gasteiger partial charge in [-0.05, 0) is 190 Å². The molecular formula is C95H113BrN16O13. The summed E-state index contributed by atoms with van der Waals surface area (Å²) in [5, 5.41) is 42.8. The largest absolute Gasteiger partial charge is 0.497 e. The summed E-state index contributed by atoms with van der Waals surface area (Å²) in [7, 11) is 4.90. The average molecular weight is 1770 g/mol. The molecule has 0 bridgehead atoms. The van der Waals surface area contributed by atoms with Gasteiger partial charge in [0.05, 0.1) is 59.8 Å². The Morgan fingerprint density at radius 1 is 0.384 bits per heavy atom. The number of para-hydroxylation sites is 3. The molecule has 1 aromatic heterocycles. The van der Waals surface area contributed by atoms with Gasteiger partial charge in [-0.25, -0.2) is 20.0 Å². The number of benzene rings is 8. The first-order valence-corrected chi connectivity index (χ1v) is 43.3. The first-order chi connectivity index (χ1) is 59.9. The number of hydrogen-bond donors (Lipinski definition) is 4. The third kappa shape index (κ3) is 21.5. The molecule has 0 atom stereocenters. The van der Waals surface area contributed by atoms with E-state index in [1.807, 2.05) is 127 Å². The number of H-pyrrole nitrogens is 1. The van der Waals surface area contributed by atoms with Crippen LogP contribution in [-0.4, -0.2) is 269 Å². The normalized spacial score (nSPS) is 16.5. The van der Waals surface area contributed by atoms with Crippen molar-refractivity contribution in [3.63, 3.8) is 0 Å². The number of halogens is 1. The first kappa shape index (κ1) is 89.3. The van der Waals surface area contributed by atoms with Gasteiger partial charge in [0.2, 0.25) is 0 Å². The van der Waals surface area contributed by atoms with Gasteiger partial charge in [-0.2, -0.15) is 5.21 Å². The number of nitrogens with one attached hydrogen (secondary N) is 1. The number of amidine groups is 4. The molecule has 0 aliphatic carbocycles. The molecule has 0 unspecified atom stereocenters. The van der Waals surface area contributed by atoms with Crippen LogP contribution in [0.1, 0.15) is 107 Å². The number of aromatic amines is 1. The van der Waals surface area contributed by atoms with Gasteiger partial charge >= 0.3 is 17.9 Å². The molecule has 9 aromatic rings. The predicted octanol–water partition coefficient (Wildman–Crippen LogP) is 16.0. The van der Waals surface area contributed by atoms with Gasteiger partial charge in [0.1, 0.15) is 86.3 Å². The molecule has 0 saturated carbocycles. The van der Waals surface area contributed by atoms with Gasteiger partial charge in [-0.3, -0.25) is 34.0 Å². The maximum atomic E-state index is 11.5. The number of aliphatic carboxylic acids is 3. The van der Waals surface area contributed by atoms with Crippen molar-refractivity contribution in [2.45, 2.75) is 87.5 Å². The van der Waals surface area contributed by atoms with E-state index in [4.69, 9.17) is 53.1 Å². The summed E-state index contributed by atoms with van der Waals surface area (Å²) in [4.78, 5) is 72.9. The highest BCUT2D eigenvalue weighted by Gasteiger charge is 2.38. The molecular weight excluding hydrogens is 1650 g/mol. The summed E-state index contributed by atoms with van der Waals surface area (Å²) in [6.07, 6.45) is 1.27. The SMILES string of the molecule is CC(C)(CN1CCN(C2=Nc3ccccc3Oc3ccccc32)CC1)c1nn[nH]n1.COc1ccc2c(c1)N=C(N1CCN(CC(C)(C)C(=O)O)CC1)c1ccc(OC)cc1O2.COc1ccc2c(c1)N=C(N1CCN(CCC(C)(C)C(=O)O)CC1)c1cc(C)ccc1O2.Cc1ccc2c(c1)Oc1ccc(Br)cc1N=C2N1CCN(CCC(C)(C)C(=O)O)CC1. The Morgan fingerprint density at radius 2 is 0.752 bits per heavy atom. The Hall–Kier alpha value is -12.0. The van der Waals surface area contributed by atoms with Crippen molar-refractivity contribution in [1.29, 1.82) is 0 Å². The smallest absolute Gasteiger partial charge is 0.310 e. The van der Waals surface area contributed by atoms with Crippen molar-refractivity contribution in [2.75, 3.05) is 152 Å². The fraction of sp³-hybridized carbons (Fsp3) is 0.411. The van der Waals surface area contributed by atoms with Crippen LogP contribution in [-0.2, 0) is 19.8 Å². The maximum absolute atomic E-state index is 11.5. The summed E-state index contributed by atoms with van der Waals surface area (Å²) < 4.78 is 42.0. The van der Waals surface area contributed by atoms with Crippen LogP contribution >= 0.6 is 15.9 Å². The number of tetrazole rings is 1. The molecule has 658 valence electrons. The zero-order chi connectivity index (χ0) is 88.5. The zero-order valence-corrected chi connectivity index (χ0v) is 75.2. The van der Waals surface area contributed by atoms with E-state index in [9.17, 15) is 29.7 Å². The number of carboxylic acids is 3. The molecule has 4 N–H and O–H groups in total. The third-order valence-electron chi connectivity index (χ3n) is 23.9. The lowest BCUT2D eigenvalue weighted by Gasteiger charge is -2.39. The minimum Gasteiger partial charge on any atom is -0.497 e. The quantitative estimate of drug-likeness (QED) is 0.0658. The van der Waals surface area contributed by atoms with Crippen LogP contribution in [0.4, 0.5) is 22.7 Å². The fourth-order valence-electron chi connectivity index (χ4n) is 15.9. The van der Waals surface area contributed by atoms with Crippen molar-refractivity contribution in [3.05, 3.63) is 201 Å². The lowest BCUT2D eigenvalue weighted by atomic mass is 9.89. The number of hydrogen-bond acceptors (Lipinski definition) is 25. The molecule has 4 fully saturated rings. The Balaban J connectivity index is 0.000000135. The molecule has 0 spiro atoms. The number of piperazine rings is 4. The summed E-state index contributed by atoms with van der Waals surface area (Å²) in [5.41, 5.74) is 6.97. The average Bonchev–Trinajstić information content (AvgIpc) is 1.68. The topological polar surface area (TPSA) is 306 Å². The number of aliphatic imine (C=N–C) groups is 4. The molecule has 0 amide bonds. The lowest BCUT2D eigenvalue weighted by Crippen LogP contribution is -2.52. The third-order valence-corrected chi connectivity index (χ3v) is 24.4. The number of fused-ring (bicyclic) bond motifs is 8. The zero-order valence-electron chi connectivity index (χ0n) is 73.6. The first-order valence-electron chi connectivity index (χ1n) is 42.5. The molecule has 29 nitrogen and oxygen atoms in total. The van der Waals surface area contributed by atoms with Crippen molar-refractivity contribution in [2.24, 2.45) is 36.2 Å². The second-order valence-electron chi connectivity index (χ2n) is 35.1. The number of nitrogens with zero attached hydrogens (tertiary/aromatic N) is 15. The van der Waals surface area contributed by atoms with Gasteiger partial charge in [-0.15, -0.1) is 10.2 Å². The molecule has 9 heterocycles. The maximum Gasteiger partial charge on any atom is 0.310 e. The summed E-state index contributed by atoms with van der Waals surface area (Å²) in [5.74, 6) is 10.3. The monoisotopic (exact) mass is 1760 g/mol. The van der Waals surface area contributed by atoms with Gasteiger partial charge in [0.25, 0.3) is 0 Å². The molecule has 8 aliphatic heterocycles. The second kappa shape index (κ2) is 38.7. The second-order valence-corrected chi connectivity index (χ2v) is 36.0. The van der Waals surface area contributed by atoms with E-state index in [2.05, 4.69) is 134 Å². The fourth-order valence-corrected chi connectivity index (χ4v) is 16.2. The standard InChI is InChI=1S/C25H31N3O4.C24H28BrN3O3.C24H29N3O5.C22H25N7O/c1-17-5-7-21-19(15-17)23(26-20-16-18(31-4)6-8-22(20)32-21)28-13-11-27(12-14-28)10-9-25(2,3)24(29)30;1-16-4-6-18-21(14-16)31-20-7-5-17(25)15-19(20)26-22(18)28-12-10-27(11-13-28)9-8-24(2,3)23(29)30;1-24(2,23(28)29)15-26-9-11-27(12-10-26)22-18-7-5-17(31-4)14-21(18)32-20-8-6-16(30-3)13-19(20)25-22;1-22(2,21-24-26-27-25-21)15-28-11-13-29(14-12-28)20-16-7-3-5-9-18(16)30-19-10-6-4-8-17(19)23-20/h5-8,15-16H,9-14H2,1-4H3,(H,29,30);4-7,14-15H,8-13H2,1-3H3,(H,29,30);5-8,13-14H,9-12,15H2,1-4H3,(H,28,29);3-10H,11-15H2,1-2H3,(H,24,25,26,27). The van der Waals surface area contributed by atoms with Crippen molar-refractivity contribution < 1.29 is 62.9 Å². The molecule has 0 radical (unpaired) electrons. The molecule has 17 rings (SSSR count). The van der Waals surface area contributed by atoms with Crippen LogP contribution in [0.3, 0.4) is 0 Å². The van der Waals surface area contributed by atoms with Gasteiger partial charge in [0, 0.05) is 146 Å². The number of ether oxygens (including phenoxy) is 7. The summed E-state index contributed by atoms with van der Waals surface area (Å²) >= 11 is 3.54. The molecule has 8 aromatic carbocycles. The minimum atomic E-state index is -0.783. The summed E-state index contributed by atoms with van der Waals surface area (Å²) in [6.45, 7) is 35.6. The van der Waals surface area contributed by atoms with Crippen molar-refractivity contribution >= 4 is 79.9 Å². The number of aryl methyl sites for hydroxylation is 2. The number of methoxy groups -OCH3 is 3. The highest BCUT2D eigenvalue weighted by Crippen LogP contribution is 2.46. The lowest BCUT2D eigenvalue weighted by molar-refractivity contribution is -0.148. The Morgan fingerprint density at radius 3 is 1.25 bits per heavy atom. The van der Waals surface area contributed by atoms with Gasteiger partial charge in [-0.1, -0.05) is 77.0 Å². The van der Waals surface area contributed by atoms with Crippen LogP contribution in [0.5, 0.6) is 63.2 Å². The van der Waals surface area contributed by atoms with E-state index >= 15 is 0 Å². The Bertz CT molecular complexity index is 5510. The van der Waals surface area contributed by atoms with E-state index in [-0.39, 0.29) is 5.41 Å². The van der Waals surface area contributed by atoms with Crippen molar-refractivity contribution in [1.82, 2.24) is 59.8 Å². The van der Waals surface area contributed by atoms with E-state index in [1.54, 1.807) is 62.9 Å². The van der Waals surface area contributed by atoms with E-state index in [1.165, 1.54) is 0 Å². The number of aromatic nitrogens is 4. The van der Waals surface area contributed by atoms with E-state index in [0.29, 0.717) is 53.8 Å². The van der Waals surface area contributed by atoms with Crippen LogP contribution in [0.25, 0.3) is 0 Å². The number of carbonyl (C=O) groups is 3. The highest BCUT2D eigenvalue weighted by molar-refractivity contribution is 9.10. The molecule has 125 heavy (non-hydrogen) atoms. The number of rotatable bonds is 17. The number of carboxylic acid groups (broad SMARTS) is 3. The summed E-state index contributed by atoms with van der Waals surface area (Å²) in [6, 6.07) is 51.4. The molecule has 8 aliphatic rings. The predicted molar refractivity (Wildman–Crippen MR) is 486 cm³/mol. The highest BCUT2D eigenvalue weighted by atomic mass is 79.9. The van der Waals surface area contributed by atoms with Crippen LogP contribution in [0.15, 0.2) is 182 Å². The van der Waals surface area contributed by atoms with E-state index < -0.39 is 34.2 Å². The Kier molecular flexibility index (Phi) is 27.6. The van der Waals surface area contributed by atoms with Crippen LogP contribution < -0.4 is 33.2 Å². The van der Waals surface area contributed by atoms with Crippen molar-refractivity contribution in [3.8, 4) is 63.2 Å². The van der Waals surface area contributed by atoms with Crippen LogP contribution in [0, 0.1) is 30.1 Å². The molecule has 4 saturated heterocycles. The molecule has 30 heteroatoms. The minimum absolute atomic E-state index is 0.158. The van der Waals surface area contributed by atoms with E-state index in [0.717, 1.165) is 243 Å².